The zero-order valence-corrected chi connectivity index (χ0v) is 24.5. The first-order valence-electron chi connectivity index (χ1n) is 14.7. The van der Waals surface area contributed by atoms with Crippen molar-refractivity contribution in [3.63, 3.8) is 0 Å². The van der Waals surface area contributed by atoms with E-state index >= 15 is 0 Å². The Morgan fingerprint density at radius 3 is 1.45 bits per heavy atom. The van der Waals surface area contributed by atoms with E-state index in [0.29, 0.717) is 33.8 Å². The summed E-state index contributed by atoms with van der Waals surface area (Å²) >= 11 is 0. The predicted molar refractivity (Wildman–Crippen MR) is 172 cm³/mol. The third kappa shape index (κ3) is 6.00. The molecule has 4 aromatic carbocycles. The van der Waals surface area contributed by atoms with Crippen LogP contribution in [0.4, 0.5) is 0 Å². The lowest BCUT2D eigenvalue weighted by atomic mass is 9.98. The predicted octanol–water partition coefficient (Wildman–Crippen LogP) is 7.18. The molecule has 0 saturated heterocycles. The fourth-order valence-corrected chi connectivity index (χ4v) is 5.35. The number of rotatable bonds is 10. The second-order valence-corrected chi connectivity index (χ2v) is 10.6. The van der Waals surface area contributed by atoms with Gasteiger partial charge in [0.15, 0.2) is 0 Å². The van der Waals surface area contributed by atoms with E-state index in [0.717, 1.165) is 45.9 Å². The van der Waals surface area contributed by atoms with Crippen LogP contribution in [0.3, 0.4) is 0 Å². The van der Waals surface area contributed by atoms with E-state index in [1.54, 1.807) is 24.3 Å². The quantitative estimate of drug-likeness (QED) is 0.169. The molecule has 222 valence electrons. The van der Waals surface area contributed by atoms with Crippen molar-refractivity contribution in [1.29, 1.82) is 0 Å². The zero-order valence-electron chi connectivity index (χ0n) is 24.5. The standard InChI is InChI=1S/C37H32O7/c1-3-23-9-5-7-11-30(23)32-17-25-13-15-28(19-34(25)43-36(32)39)41-21-27(38)22-42-29-16-14-26-18-33(37(40)44-35(26)20-29)31-12-8-6-10-24(31)4-2/h5-20,27,38H,3-4,21-22H2,1-2H3. The van der Waals surface area contributed by atoms with Gasteiger partial charge < -0.3 is 23.4 Å². The number of aryl methyl sites for hydroxylation is 2. The molecule has 2 aromatic heterocycles. The lowest BCUT2D eigenvalue weighted by molar-refractivity contribution is 0.0627. The minimum absolute atomic E-state index is 0.0411. The Balaban J connectivity index is 1.10. The molecule has 6 rings (SSSR count). The highest BCUT2D eigenvalue weighted by atomic mass is 16.5. The Bertz CT molecular complexity index is 1920. The molecule has 0 aliphatic carbocycles. The van der Waals surface area contributed by atoms with Crippen molar-refractivity contribution >= 4 is 21.9 Å². The summed E-state index contributed by atoms with van der Waals surface area (Å²) in [6.07, 6.45) is 0.666. The number of ether oxygens (including phenoxy) is 2. The molecule has 0 bridgehead atoms. The Kier molecular flexibility index (Phi) is 8.30. The van der Waals surface area contributed by atoms with Crippen LogP contribution < -0.4 is 20.7 Å². The topological polar surface area (TPSA) is 99.1 Å². The Morgan fingerprint density at radius 2 is 1.02 bits per heavy atom. The first kappa shape index (κ1) is 29.0. The van der Waals surface area contributed by atoms with Crippen molar-refractivity contribution in [2.45, 2.75) is 32.8 Å². The van der Waals surface area contributed by atoms with Gasteiger partial charge in [0.2, 0.25) is 0 Å². The molecule has 1 N–H and O–H groups in total. The molecule has 0 aliphatic heterocycles. The molecule has 6 aromatic rings. The van der Waals surface area contributed by atoms with Gasteiger partial charge >= 0.3 is 11.3 Å². The van der Waals surface area contributed by atoms with Crippen molar-refractivity contribution in [3.8, 4) is 33.8 Å². The first-order valence-corrected chi connectivity index (χ1v) is 14.7. The normalized spacial score (nSPS) is 11.4. The van der Waals surface area contributed by atoms with E-state index < -0.39 is 17.4 Å². The summed E-state index contributed by atoms with van der Waals surface area (Å²) in [5.74, 6) is 0.906. The summed E-state index contributed by atoms with van der Waals surface area (Å²) in [5, 5.41) is 12.1. The number of hydrogen-bond donors (Lipinski definition) is 1. The van der Waals surface area contributed by atoms with Gasteiger partial charge in [-0.3, -0.25) is 0 Å². The average Bonchev–Trinajstić information content (AvgIpc) is 3.05. The van der Waals surface area contributed by atoms with Gasteiger partial charge in [0.1, 0.15) is 42.0 Å². The maximum Gasteiger partial charge on any atom is 0.344 e. The fourth-order valence-electron chi connectivity index (χ4n) is 5.35. The molecule has 0 aliphatic rings. The maximum atomic E-state index is 12.8. The number of hydrogen-bond acceptors (Lipinski definition) is 7. The molecule has 44 heavy (non-hydrogen) atoms. The summed E-state index contributed by atoms with van der Waals surface area (Å²) in [6, 6.07) is 29.7. The molecule has 0 unspecified atom stereocenters. The molecule has 0 saturated carbocycles. The van der Waals surface area contributed by atoms with Crippen LogP contribution in [0, 0.1) is 0 Å². The molecule has 2 heterocycles. The highest BCUT2D eigenvalue weighted by Crippen LogP contribution is 2.28. The van der Waals surface area contributed by atoms with Crippen LogP contribution in [0.1, 0.15) is 25.0 Å². The number of fused-ring (bicyclic) bond motifs is 2. The van der Waals surface area contributed by atoms with Crippen molar-refractivity contribution in [1.82, 2.24) is 0 Å². The zero-order chi connectivity index (χ0) is 30.6. The molecular weight excluding hydrogens is 556 g/mol. The molecule has 0 fully saturated rings. The van der Waals surface area contributed by atoms with Crippen molar-refractivity contribution in [3.05, 3.63) is 129 Å². The lowest BCUT2D eigenvalue weighted by Crippen LogP contribution is -2.25. The van der Waals surface area contributed by atoms with Crippen LogP contribution in [0.2, 0.25) is 0 Å². The summed E-state index contributed by atoms with van der Waals surface area (Å²) in [4.78, 5) is 25.6. The van der Waals surface area contributed by atoms with Crippen LogP contribution in [0.5, 0.6) is 11.5 Å². The first-order chi connectivity index (χ1) is 21.4. The minimum Gasteiger partial charge on any atom is -0.491 e. The third-order valence-electron chi connectivity index (χ3n) is 7.68. The molecular formula is C37H32O7. The SMILES string of the molecule is CCc1ccccc1-c1cc2ccc(OCC(O)COc3ccc4cc(-c5ccccc5CC)c(=O)oc4c3)cc2oc1=O. The number of aliphatic hydroxyl groups excluding tert-OH is 1. The Morgan fingerprint density at radius 1 is 0.591 bits per heavy atom. The smallest absolute Gasteiger partial charge is 0.344 e. The number of benzene rings is 4. The van der Waals surface area contributed by atoms with Crippen molar-refractivity contribution < 1.29 is 23.4 Å². The average molecular weight is 589 g/mol. The molecule has 0 amide bonds. The van der Waals surface area contributed by atoms with Gasteiger partial charge in [0.05, 0.1) is 11.1 Å². The van der Waals surface area contributed by atoms with E-state index in [2.05, 4.69) is 13.8 Å². The molecule has 7 heteroatoms. The summed E-state index contributed by atoms with van der Waals surface area (Å²) in [5.41, 5.74) is 4.88. The third-order valence-corrected chi connectivity index (χ3v) is 7.68. The second-order valence-electron chi connectivity index (χ2n) is 10.6. The van der Waals surface area contributed by atoms with Crippen LogP contribution in [-0.2, 0) is 12.8 Å². The summed E-state index contributed by atoms with van der Waals surface area (Å²) < 4.78 is 22.8. The van der Waals surface area contributed by atoms with E-state index in [1.165, 1.54) is 0 Å². The molecule has 0 atom stereocenters. The van der Waals surface area contributed by atoms with E-state index in [-0.39, 0.29) is 13.2 Å². The van der Waals surface area contributed by atoms with Crippen LogP contribution in [-0.4, -0.2) is 24.4 Å². The summed E-state index contributed by atoms with van der Waals surface area (Å²) in [6.45, 7) is 4.02. The van der Waals surface area contributed by atoms with Gasteiger partial charge in [-0.15, -0.1) is 0 Å². The second kappa shape index (κ2) is 12.6. The van der Waals surface area contributed by atoms with Gasteiger partial charge in [-0.1, -0.05) is 62.4 Å². The monoisotopic (exact) mass is 588 g/mol. The van der Waals surface area contributed by atoms with Gasteiger partial charge in [0, 0.05) is 22.9 Å². The fraction of sp³-hybridized carbons (Fsp3) is 0.189. The van der Waals surface area contributed by atoms with E-state index in [1.807, 2.05) is 72.8 Å². The molecule has 0 radical (unpaired) electrons. The molecule has 0 spiro atoms. The van der Waals surface area contributed by atoms with Crippen molar-refractivity contribution in [2.24, 2.45) is 0 Å². The van der Waals surface area contributed by atoms with Crippen LogP contribution in [0.15, 0.2) is 115 Å². The lowest BCUT2D eigenvalue weighted by Gasteiger charge is -2.14. The van der Waals surface area contributed by atoms with Gasteiger partial charge in [0.25, 0.3) is 0 Å². The van der Waals surface area contributed by atoms with E-state index in [9.17, 15) is 14.7 Å². The highest BCUT2D eigenvalue weighted by molar-refractivity contribution is 5.84. The van der Waals surface area contributed by atoms with Crippen LogP contribution in [0.25, 0.3) is 44.2 Å². The van der Waals surface area contributed by atoms with Gasteiger partial charge in [-0.25, -0.2) is 9.59 Å². The molecule has 7 nitrogen and oxygen atoms in total. The highest BCUT2D eigenvalue weighted by Gasteiger charge is 2.14. The van der Waals surface area contributed by atoms with Gasteiger partial charge in [-0.05, 0) is 71.5 Å². The largest absolute Gasteiger partial charge is 0.491 e. The Hall–Kier alpha value is -5.14. The van der Waals surface area contributed by atoms with Gasteiger partial charge in [-0.2, -0.15) is 0 Å². The Labute approximate surface area is 253 Å². The van der Waals surface area contributed by atoms with Crippen LogP contribution >= 0.6 is 0 Å². The van der Waals surface area contributed by atoms with Crippen molar-refractivity contribution in [2.75, 3.05) is 13.2 Å². The number of aliphatic hydroxyl groups is 1. The summed E-state index contributed by atoms with van der Waals surface area (Å²) in [7, 11) is 0. The minimum atomic E-state index is -0.943. The maximum absolute atomic E-state index is 12.8. The van der Waals surface area contributed by atoms with E-state index in [4.69, 9.17) is 18.3 Å².